The molecule has 1 atom stereocenters. The Labute approximate surface area is 143 Å². The molecule has 0 aliphatic heterocycles. The largest absolute Gasteiger partial charge is 0.491 e. The molecule has 24 heavy (non-hydrogen) atoms. The van der Waals surface area contributed by atoms with Crippen LogP contribution < -0.4 is 10.1 Å². The van der Waals surface area contributed by atoms with Crippen molar-refractivity contribution >= 4 is 5.91 Å². The fraction of sp³-hybridized carbons (Fsp3) is 0.579. The number of aliphatic hydroxyl groups excluding tert-OH is 1. The molecule has 5 nitrogen and oxygen atoms in total. The molecule has 1 aromatic rings. The first kappa shape index (κ1) is 18.3. The molecule has 5 heteroatoms. The van der Waals surface area contributed by atoms with E-state index in [0.29, 0.717) is 11.5 Å². The molecule has 0 saturated heterocycles. The monoisotopic (exact) mass is 330 g/mol. The highest BCUT2D eigenvalue weighted by Gasteiger charge is 2.31. The second-order valence-electron chi connectivity index (χ2n) is 7.38. The van der Waals surface area contributed by atoms with Gasteiger partial charge in [-0.05, 0) is 50.3 Å². The lowest BCUT2D eigenvalue weighted by molar-refractivity contribution is 0.0867. The molecule has 0 aromatic heterocycles. The van der Waals surface area contributed by atoms with Gasteiger partial charge in [0.1, 0.15) is 11.8 Å². The van der Waals surface area contributed by atoms with Gasteiger partial charge in [-0.15, -0.1) is 0 Å². The van der Waals surface area contributed by atoms with Crippen molar-refractivity contribution in [2.24, 2.45) is 5.41 Å². The normalized spacial score (nSPS) is 15.7. The molecule has 0 radical (unpaired) electrons. The zero-order valence-electron chi connectivity index (χ0n) is 14.8. The lowest BCUT2D eigenvalue weighted by Crippen LogP contribution is -2.45. The van der Waals surface area contributed by atoms with E-state index in [1.54, 1.807) is 26.0 Å². The van der Waals surface area contributed by atoms with E-state index in [4.69, 9.17) is 4.74 Å². The summed E-state index contributed by atoms with van der Waals surface area (Å²) in [6, 6.07) is 6.76. The molecule has 0 heterocycles. The SMILES string of the molecule is CC(C)Oc1cc(C(=O)NC(C#N)C(C)(C)CO)ccc1C1CC1. The van der Waals surface area contributed by atoms with Crippen molar-refractivity contribution < 1.29 is 14.6 Å². The van der Waals surface area contributed by atoms with Gasteiger partial charge in [0.05, 0.1) is 18.8 Å². The number of nitrogens with one attached hydrogen (secondary N) is 1. The van der Waals surface area contributed by atoms with Crippen LogP contribution in [0.4, 0.5) is 0 Å². The average molecular weight is 330 g/mol. The Hall–Kier alpha value is -2.06. The number of nitrogens with zero attached hydrogens (tertiary/aromatic N) is 1. The summed E-state index contributed by atoms with van der Waals surface area (Å²) in [5.41, 5.74) is 0.895. The van der Waals surface area contributed by atoms with Gasteiger partial charge in [0, 0.05) is 11.0 Å². The minimum atomic E-state index is -0.771. The van der Waals surface area contributed by atoms with E-state index in [1.165, 1.54) is 0 Å². The maximum absolute atomic E-state index is 12.5. The number of hydrogen-bond donors (Lipinski definition) is 2. The summed E-state index contributed by atoms with van der Waals surface area (Å²) in [4.78, 5) is 12.5. The Morgan fingerprint density at radius 1 is 1.46 bits per heavy atom. The van der Waals surface area contributed by atoms with Crippen LogP contribution in [0.15, 0.2) is 18.2 Å². The predicted molar refractivity (Wildman–Crippen MR) is 91.9 cm³/mol. The van der Waals surface area contributed by atoms with Crippen LogP contribution in [0.2, 0.25) is 0 Å². The zero-order chi connectivity index (χ0) is 17.9. The highest BCUT2D eigenvalue weighted by molar-refractivity contribution is 5.95. The second-order valence-corrected chi connectivity index (χ2v) is 7.38. The zero-order valence-corrected chi connectivity index (χ0v) is 14.8. The van der Waals surface area contributed by atoms with E-state index in [9.17, 15) is 15.2 Å². The van der Waals surface area contributed by atoms with Crippen LogP contribution in [0, 0.1) is 16.7 Å². The van der Waals surface area contributed by atoms with Crippen molar-refractivity contribution in [3.63, 3.8) is 0 Å². The summed E-state index contributed by atoms with van der Waals surface area (Å²) in [5, 5.41) is 21.4. The number of amides is 1. The van der Waals surface area contributed by atoms with Crippen LogP contribution in [0.25, 0.3) is 0 Å². The standard InChI is InChI=1S/C19H26N2O3/c1-12(2)24-16-9-14(7-8-15(16)13-5-6-13)18(23)21-17(10-20)19(3,4)11-22/h7-9,12-13,17,22H,5-6,11H2,1-4H3,(H,21,23). The number of aliphatic hydroxyl groups is 1. The van der Waals surface area contributed by atoms with Crippen molar-refractivity contribution in [2.75, 3.05) is 6.61 Å². The topological polar surface area (TPSA) is 82.3 Å². The molecule has 0 bridgehead atoms. The molecular formula is C19H26N2O3. The lowest BCUT2D eigenvalue weighted by Gasteiger charge is -2.28. The van der Waals surface area contributed by atoms with Crippen molar-refractivity contribution in [3.05, 3.63) is 29.3 Å². The third-order valence-electron chi connectivity index (χ3n) is 4.25. The van der Waals surface area contributed by atoms with Crippen LogP contribution in [-0.4, -0.2) is 29.8 Å². The molecule has 130 valence electrons. The van der Waals surface area contributed by atoms with Gasteiger partial charge in [0.2, 0.25) is 0 Å². The smallest absolute Gasteiger partial charge is 0.252 e. The first-order chi connectivity index (χ1) is 11.3. The van der Waals surface area contributed by atoms with E-state index in [-0.39, 0.29) is 18.6 Å². The fourth-order valence-electron chi connectivity index (χ4n) is 2.47. The van der Waals surface area contributed by atoms with E-state index in [0.717, 1.165) is 24.2 Å². The molecule has 1 aromatic carbocycles. The summed E-state index contributed by atoms with van der Waals surface area (Å²) in [5.74, 6) is 0.935. The van der Waals surface area contributed by atoms with E-state index < -0.39 is 11.5 Å². The molecule has 0 spiro atoms. The molecule has 1 fully saturated rings. The highest BCUT2D eigenvalue weighted by atomic mass is 16.5. The lowest BCUT2D eigenvalue weighted by atomic mass is 9.86. The van der Waals surface area contributed by atoms with Crippen molar-refractivity contribution in [1.82, 2.24) is 5.32 Å². The molecular weight excluding hydrogens is 304 g/mol. The van der Waals surface area contributed by atoms with Crippen LogP contribution in [0.1, 0.15) is 62.4 Å². The van der Waals surface area contributed by atoms with Gasteiger partial charge in [-0.2, -0.15) is 5.26 Å². The number of hydrogen-bond acceptors (Lipinski definition) is 4. The minimum Gasteiger partial charge on any atom is -0.491 e. The molecule has 1 saturated carbocycles. The summed E-state index contributed by atoms with van der Waals surface area (Å²) in [6.45, 7) is 7.21. The van der Waals surface area contributed by atoms with E-state index >= 15 is 0 Å². The van der Waals surface area contributed by atoms with Crippen LogP contribution in [0.3, 0.4) is 0 Å². The Morgan fingerprint density at radius 2 is 2.12 bits per heavy atom. The first-order valence-electron chi connectivity index (χ1n) is 8.40. The summed E-state index contributed by atoms with van der Waals surface area (Å²) in [7, 11) is 0. The number of carbonyl (C=O) groups excluding carboxylic acids is 1. The van der Waals surface area contributed by atoms with Gasteiger partial charge in [0.15, 0.2) is 0 Å². The Morgan fingerprint density at radius 3 is 2.62 bits per heavy atom. The first-order valence-corrected chi connectivity index (χ1v) is 8.40. The van der Waals surface area contributed by atoms with Crippen LogP contribution >= 0.6 is 0 Å². The Kier molecular flexibility index (Phi) is 5.51. The van der Waals surface area contributed by atoms with Crippen molar-refractivity contribution in [3.8, 4) is 11.8 Å². The Balaban J connectivity index is 2.21. The molecule has 1 unspecified atom stereocenters. The number of rotatable bonds is 7. The Bertz CT molecular complexity index is 643. The van der Waals surface area contributed by atoms with Gasteiger partial charge >= 0.3 is 0 Å². The quantitative estimate of drug-likeness (QED) is 0.805. The predicted octanol–water partition coefficient (Wildman–Crippen LogP) is 2.99. The van der Waals surface area contributed by atoms with Crippen molar-refractivity contribution in [1.29, 1.82) is 5.26 Å². The summed E-state index contributed by atoms with van der Waals surface area (Å²) >= 11 is 0. The minimum absolute atomic E-state index is 0.0287. The second kappa shape index (κ2) is 7.23. The summed E-state index contributed by atoms with van der Waals surface area (Å²) in [6.07, 6.45) is 2.34. The molecule has 2 N–H and O–H groups in total. The van der Waals surface area contributed by atoms with Crippen LogP contribution in [0.5, 0.6) is 5.75 Å². The molecule has 1 amide bonds. The number of benzene rings is 1. The van der Waals surface area contributed by atoms with Gasteiger partial charge in [0.25, 0.3) is 5.91 Å². The van der Waals surface area contributed by atoms with Crippen LogP contribution in [-0.2, 0) is 0 Å². The van der Waals surface area contributed by atoms with Gasteiger partial charge in [-0.25, -0.2) is 0 Å². The highest BCUT2D eigenvalue weighted by Crippen LogP contribution is 2.44. The fourth-order valence-corrected chi connectivity index (χ4v) is 2.47. The third-order valence-corrected chi connectivity index (χ3v) is 4.25. The summed E-state index contributed by atoms with van der Waals surface area (Å²) < 4.78 is 5.87. The van der Waals surface area contributed by atoms with Gasteiger partial charge < -0.3 is 15.2 Å². The maximum Gasteiger partial charge on any atom is 0.252 e. The van der Waals surface area contributed by atoms with E-state index in [2.05, 4.69) is 11.4 Å². The molecule has 1 aliphatic carbocycles. The number of ether oxygens (including phenoxy) is 1. The van der Waals surface area contributed by atoms with Crippen molar-refractivity contribution in [2.45, 2.75) is 58.6 Å². The van der Waals surface area contributed by atoms with E-state index in [1.807, 2.05) is 19.9 Å². The van der Waals surface area contributed by atoms with Gasteiger partial charge in [-0.3, -0.25) is 4.79 Å². The average Bonchev–Trinajstić information content (AvgIpc) is 3.36. The molecule has 1 aliphatic rings. The number of carbonyl (C=O) groups is 1. The third kappa shape index (κ3) is 4.27. The number of nitriles is 1. The van der Waals surface area contributed by atoms with Gasteiger partial charge in [-0.1, -0.05) is 19.9 Å². The molecule has 2 rings (SSSR count). The maximum atomic E-state index is 12.5.